The van der Waals surface area contributed by atoms with E-state index in [0.717, 1.165) is 51.6 Å². The van der Waals surface area contributed by atoms with Crippen molar-refractivity contribution < 1.29 is 23.9 Å². The average Bonchev–Trinajstić information content (AvgIpc) is 3.57. The number of rotatable bonds is 9. The van der Waals surface area contributed by atoms with Crippen molar-refractivity contribution in [1.29, 1.82) is 0 Å². The number of carbonyl (C=O) groups excluding carboxylic acids is 4. The number of piperidine rings is 1. The first-order valence-electron chi connectivity index (χ1n) is 16.5. The second kappa shape index (κ2) is 14.3. The smallest absolute Gasteiger partial charge is 0.329 e. The summed E-state index contributed by atoms with van der Waals surface area (Å²) in [6, 6.07) is -1.91. The molecule has 3 saturated heterocycles. The number of esters is 1. The first-order valence-corrected chi connectivity index (χ1v) is 16.5. The number of nitrogens with zero attached hydrogens (tertiary/aromatic N) is 4. The van der Waals surface area contributed by atoms with Crippen LogP contribution in [0.2, 0.25) is 0 Å². The van der Waals surface area contributed by atoms with Crippen molar-refractivity contribution in [1.82, 2.24) is 24.9 Å². The molecule has 0 spiro atoms. The minimum Gasteiger partial charge on any atom is -0.458 e. The van der Waals surface area contributed by atoms with Gasteiger partial charge in [-0.15, -0.1) is 0 Å². The Bertz CT molecular complexity index is 1000. The fraction of sp³-hybridized carbons (Fsp3) is 0.879. The third-order valence-electron chi connectivity index (χ3n) is 9.37. The second-order valence-electron chi connectivity index (χ2n) is 15.4. The lowest BCUT2D eigenvalue weighted by Crippen LogP contribution is -2.61. The molecule has 0 aliphatic carbocycles. The molecule has 3 amide bonds. The summed E-state index contributed by atoms with van der Waals surface area (Å²) in [4.78, 5) is 62.1. The van der Waals surface area contributed by atoms with Crippen LogP contribution in [-0.4, -0.2) is 119 Å². The van der Waals surface area contributed by atoms with Gasteiger partial charge >= 0.3 is 5.97 Å². The van der Waals surface area contributed by atoms with Crippen LogP contribution in [0.1, 0.15) is 100 Å². The molecule has 0 aromatic heterocycles. The lowest BCUT2D eigenvalue weighted by molar-refractivity contribution is -0.164. The number of nitrogens with one attached hydrogen (secondary N) is 1. The molecule has 3 aliphatic heterocycles. The predicted molar refractivity (Wildman–Crippen MR) is 168 cm³/mol. The Morgan fingerprint density at radius 1 is 0.860 bits per heavy atom. The fourth-order valence-corrected chi connectivity index (χ4v) is 6.84. The molecular formula is C33H59N5O5. The Kier molecular flexibility index (Phi) is 11.7. The fourth-order valence-electron chi connectivity index (χ4n) is 6.84. The summed E-state index contributed by atoms with van der Waals surface area (Å²) in [6.07, 6.45) is 5.92. The van der Waals surface area contributed by atoms with Crippen LogP contribution < -0.4 is 5.32 Å². The van der Waals surface area contributed by atoms with Crippen molar-refractivity contribution in [3.05, 3.63) is 0 Å². The molecule has 0 radical (unpaired) electrons. The van der Waals surface area contributed by atoms with Gasteiger partial charge in [0, 0.05) is 26.2 Å². The van der Waals surface area contributed by atoms with Crippen molar-refractivity contribution in [3.63, 3.8) is 0 Å². The maximum absolute atomic E-state index is 14.1. The van der Waals surface area contributed by atoms with Crippen molar-refractivity contribution in [2.45, 2.75) is 136 Å². The van der Waals surface area contributed by atoms with Gasteiger partial charge in [-0.25, -0.2) is 4.79 Å². The first kappa shape index (κ1) is 35.3. The van der Waals surface area contributed by atoms with E-state index in [4.69, 9.17) is 4.74 Å². The van der Waals surface area contributed by atoms with Gasteiger partial charge in [0.2, 0.25) is 17.7 Å². The largest absolute Gasteiger partial charge is 0.458 e. The molecule has 246 valence electrons. The number of ether oxygens (including phenoxy) is 1. The van der Waals surface area contributed by atoms with Crippen molar-refractivity contribution in [2.24, 2.45) is 11.3 Å². The number of amides is 3. The molecule has 0 aromatic carbocycles. The van der Waals surface area contributed by atoms with E-state index in [-0.39, 0.29) is 47.7 Å². The van der Waals surface area contributed by atoms with E-state index in [9.17, 15) is 19.2 Å². The molecule has 43 heavy (non-hydrogen) atoms. The highest BCUT2D eigenvalue weighted by atomic mass is 16.6. The molecule has 0 saturated carbocycles. The molecule has 5 atom stereocenters. The normalized spacial score (nSPS) is 25.5. The Morgan fingerprint density at radius 3 is 2.05 bits per heavy atom. The lowest BCUT2D eigenvalue weighted by atomic mass is 9.84. The first-order chi connectivity index (χ1) is 19.9. The Morgan fingerprint density at radius 2 is 1.47 bits per heavy atom. The van der Waals surface area contributed by atoms with Crippen LogP contribution in [0.5, 0.6) is 0 Å². The van der Waals surface area contributed by atoms with E-state index in [1.165, 1.54) is 0 Å². The van der Waals surface area contributed by atoms with E-state index in [2.05, 4.69) is 29.0 Å². The predicted octanol–water partition coefficient (Wildman–Crippen LogP) is 3.28. The summed E-state index contributed by atoms with van der Waals surface area (Å²) >= 11 is 0. The average molecular weight is 606 g/mol. The lowest BCUT2D eigenvalue weighted by Gasteiger charge is -2.41. The van der Waals surface area contributed by atoms with Gasteiger partial charge in [-0.05, 0) is 90.8 Å². The highest BCUT2D eigenvalue weighted by molar-refractivity contribution is 5.91. The number of carbonyl (C=O) groups is 4. The molecule has 10 nitrogen and oxygen atoms in total. The zero-order valence-corrected chi connectivity index (χ0v) is 28.6. The van der Waals surface area contributed by atoms with Gasteiger partial charge in [0.15, 0.2) is 0 Å². The molecule has 3 unspecified atom stereocenters. The number of likely N-dealkylation sites (N-methyl/N-ethyl adjacent to an activating group) is 2. The van der Waals surface area contributed by atoms with E-state index in [1.807, 2.05) is 55.6 Å². The van der Waals surface area contributed by atoms with Crippen LogP contribution in [0.15, 0.2) is 0 Å². The molecule has 3 heterocycles. The van der Waals surface area contributed by atoms with Gasteiger partial charge in [-0.2, -0.15) is 0 Å². The van der Waals surface area contributed by atoms with E-state index >= 15 is 0 Å². The zero-order chi connectivity index (χ0) is 32.3. The summed E-state index contributed by atoms with van der Waals surface area (Å²) in [5.41, 5.74) is -1.08. The quantitative estimate of drug-likeness (QED) is 0.403. The van der Waals surface area contributed by atoms with Crippen molar-refractivity contribution in [3.8, 4) is 0 Å². The van der Waals surface area contributed by atoms with Crippen molar-refractivity contribution >= 4 is 23.7 Å². The highest BCUT2D eigenvalue weighted by Gasteiger charge is 2.44. The molecule has 3 rings (SSSR count). The summed E-state index contributed by atoms with van der Waals surface area (Å²) in [6.45, 7) is 18.5. The van der Waals surface area contributed by atoms with Crippen LogP contribution in [0, 0.1) is 11.3 Å². The maximum atomic E-state index is 14.1. The third-order valence-corrected chi connectivity index (χ3v) is 9.37. The monoisotopic (exact) mass is 605 g/mol. The number of hydrogen-bond acceptors (Lipinski definition) is 7. The second-order valence-corrected chi connectivity index (χ2v) is 15.4. The van der Waals surface area contributed by atoms with Gasteiger partial charge in [0.05, 0.1) is 12.1 Å². The summed E-state index contributed by atoms with van der Waals surface area (Å²) < 4.78 is 5.64. The Balaban J connectivity index is 1.73. The summed E-state index contributed by atoms with van der Waals surface area (Å²) in [5, 5.41) is 3.13. The third kappa shape index (κ3) is 8.93. The molecule has 0 aromatic rings. The minimum absolute atomic E-state index is 0.0150. The van der Waals surface area contributed by atoms with Gasteiger partial charge in [0.25, 0.3) is 0 Å². The van der Waals surface area contributed by atoms with Crippen LogP contribution in [0.4, 0.5) is 0 Å². The maximum Gasteiger partial charge on any atom is 0.329 e. The minimum atomic E-state index is -0.670. The van der Waals surface area contributed by atoms with Gasteiger partial charge in [-0.3, -0.25) is 24.2 Å². The van der Waals surface area contributed by atoms with Gasteiger partial charge < -0.3 is 19.9 Å². The Hall–Kier alpha value is -2.20. The summed E-state index contributed by atoms with van der Waals surface area (Å²) in [7, 11) is 3.81. The molecule has 0 bridgehead atoms. The molecular weight excluding hydrogens is 546 g/mol. The van der Waals surface area contributed by atoms with E-state index < -0.39 is 23.1 Å². The summed E-state index contributed by atoms with van der Waals surface area (Å²) in [5.74, 6) is -0.404. The molecule has 10 heteroatoms. The van der Waals surface area contributed by atoms with Crippen LogP contribution in [-0.2, 0) is 23.9 Å². The number of likely N-dealkylation sites (tertiary alicyclic amines) is 3. The Labute approximate surface area is 260 Å². The highest BCUT2D eigenvalue weighted by Crippen LogP contribution is 2.29. The molecule has 3 fully saturated rings. The van der Waals surface area contributed by atoms with Crippen molar-refractivity contribution in [2.75, 3.05) is 40.3 Å². The molecule has 3 aliphatic rings. The zero-order valence-electron chi connectivity index (χ0n) is 28.6. The molecule has 1 N–H and O–H groups in total. The van der Waals surface area contributed by atoms with Crippen LogP contribution >= 0.6 is 0 Å². The SMILES string of the molecule is CC(C)[C@@H](CN1CCCC1C(=O)N1CCCC1C(=O)OC(C)(C)C)N(C)C(=O)C(NC(=O)[C@H]1CCCCN1C)C(C)(C)C. The van der Waals surface area contributed by atoms with Gasteiger partial charge in [-0.1, -0.05) is 41.0 Å². The topological polar surface area (TPSA) is 103 Å². The van der Waals surface area contributed by atoms with Crippen LogP contribution in [0.3, 0.4) is 0 Å². The standard InChI is InChI=1S/C33H59N5O5/c1-22(2)26(36(10)30(41)27(32(3,4)5)34-28(39)23-15-11-12-18-35(23)9)21-37-19-13-16-24(37)29(40)38-20-14-17-25(38)31(42)43-33(6,7)8/h22-27H,11-21H2,1-10H3,(H,34,39)/t23-,24?,25?,26-,27?/m1/s1. The number of hydrogen-bond donors (Lipinski definition) is 1. The van der Waals surface area contributed by atoms with Crippen LogP contribution in [0.25, 0.3) is 0 Å². The van der Waals surface area contributed by atoms with E-state index in [1.54, 1.807) is 9.80 Å². The van der Waals surface area contributed by atoms with E-state index in [0.29, 0.717) is 19.5 Å². The van der Waals surface area contributed by atoms with Gasteiger partial charge in [0.1, 0.15) is 17.7 Å².